The van der Waals surface area contributed by atoms with Gasteiger partial charge in [0.25, 0.3) is 10.0 Å². The lowest BCUT2D eigenvalue weighted by atomic mass is 10.1. The van der Waals surface area contributed by atoms with Crippen molar-refractivity contribution in [2.45, 2.75) is 24.4 Å². The standard InChI is InChI=1S/C28H24N4O2S/c33-35(34,24-11-5-2-6-12-24)32-20-23(25-13-7-8-14-27(25)32)19-31-16-15-26-22(18-31)17-29-28(30-26)21-9-3-1-4-10-21/h1-14,17,20H,15-16,18-19H2. The molecule has 1 aliphatic rings. The van der Waals surface area contributed by atoms with Gasteiger partial charge in [0.1, 0.15) is 0 Å². The van der Waals surface area contributed by atoms with Crippen LogP contribution in [0.15, 0.2) is 102 Å². The van der Waals surface area contributed by atoms with Gasteiger partial charge in [-0.2, -0.15) is 0 Å². The number of hydrogen-bond donors (Lipinski definition) is 0. The summed E-state index contributed by atoms with van der Waals surface area (Å²) in [6.45, 7) is 2.23. The van der Waals surface area contributed by atoms with Crippen molar-refractivity contribution < 1.29 is 8.42 Å². The molecule has 0 atom stereocenters. The number of rotatable bonds is 5. The summed E-state index contributed by atoms with van der Waals surface area (Å²) in [5, 5.41) is 0.952. The highest BCUT2D eigenvalue weighted by molar-refractivity contribution is 7.90. The fourth-order valence-corrected chi connectivity index (χ4v) is 6.14. The molecule has 3 heterocycles. The van der Waals surface area contributed by atoms with E-state index in [0.717, 1.165) is 53.1 Å². The molecule has 0 amide bonds. The summed E-state index contributed by atoms with van der Waals surface area (Å²) < 4.78 is 28.2. The first-order chi connectivity index (χ1) is 17.1. The molecule has 6 nitrogen and oxygen atoms in total. The fraction of sp³-hybridized carbons (Fsp3) is 0.143. The van der Waals surface area contributed by atoms with Crippen molar-refractivity contribution in [2.24, 2.45) is 0 Å². The molecule has 0 N–H and O–H groups in total. The number of benzene rings is 3. The molecule has 174 valence electrons. The van der Waals surface area contributed by atoms with Gasteiger partial charge in [-0.1, -0.05) is 66.7 Å². The monoisotopic (exact) mass is 480 g/mol. The van der Waals surface area contributed by atoms with Crippen LogP contribution in [0.4, 0.5) is 0 Å². The van der Waals surface area contributed by atoms with Gasteiger partial charge >= 0.3 is 0 Å². The van der Waals surface area contributed by atoms with Crippen LogP contribution in [0, 0.1) is 0 Å². The molecule has 7 heteroatoms. The fourth-order valence-electron chi connectivity index (χ4n) is 4.73. The molecule has 35 heavy (non-hydrogen) atoms. The van der Waals surface area contributed by atoms with Crippen LogP contribution in [0.25, 0.3) is 22.3 Å². The van der Waals surface area contributed by atoms with Crippen LogP contribution in [0.5, 0.6) is 0 Å². The van der Waals surface area contributed by atoms with Crippen molar-refractivity contribution >= 4 is 20.9 Å². The largest absolute Gasteiger partial charge is 0.294 e. The van der Waals surface area contributed by atoms with Crippen molar-refractivity contribution in [3.63, 3.8) is 0 Å². The van der Waals surface area contributed by atoms with E-state index in [-0.39, 0.29) is 4.90 Å². The van der Waals surface area contributed by atoms with E-state index in [1.807, 2.05) is 66.9 Å². The Morgan fingerprint density at radius 1 is 0.857 bits per heavy atom. The van der Waals surface area contributed by atoms with Gasteiger partial charge in [0, 0.05) is 55.0 Å². The molecule has 0 bridgehead atoms. The second kappa shape index (κ2) is 8.76. The minimum atomic E-state index is -3.69. The summed E-state index contributed by atoms with van der Waals surface area (Å²) in [7, 11) is -3.69. The minimum Gasteiger partial charge on any atom is -0.294 e. The maximum atomic E-state index is 13.4. The predicted octanol–water partition coefficient (Wildman–Crippen LogP) is 4.89. The van der Waals surface area contributed by atoms with E-state index >= 15 is 0 Å². The average molecular weight is 481 g/mol. The first-order valence-corrected chi connectivity index (χ1v) is 13.1. The summed E-state index contributed by atoms with van der Waals surface area (Å²) in [5.41, 5.74) is 4.91. The molecule has 5 aromatic rings. The Morgan fingerprint density at radius 2 is 1.57 bits per heavy atom. The van der Waals surface area contributed by atoms with Crippen LogP contribution in [-0.4, -0.2) is 33.8 Å². The zero-order valence-electron chi connectivity index (χ0n) is 19.1. The van der Waals surface area contributed by atoms with E-state index in [4.69, 9.17) is 4.98 Å². The van der Waals surface area contributed by atoms with Crippen molar-refractivity contribution in [1.82, 2.24) is 18.8 Å². The lowest BCUT2D eigenvalue weighted by molar-refractivity contribution is 0.244. The van der Waals surface area contributed by atoms with Gasteiger partial charge in [-0.05, 0) is 23.8 Å². The number of hydrogen-bond acceptors (Lipinski definition) is 5. The Morgan fingerprint density at radius 3 is 2.37 bits per heavy atom. The summed E-state index contributed by atoms with van der Waals surface area (Å²) >= 11 is 0. The Hall–Kier alpha value is -3.81. The Labute approximate surface area is 204 Å². The molecule has 6 rings (SSSR count). The van der Waals surface area contributed by atoms with Crippen LogP contribution in [-0.2, 0) is 29.5 Å². The number of fused-ring (bicyclic) bond motifs is 2. The minimum absolute atomic E-state index is 0.283. The number of aromatic nitrogens is 3. The maximum Gasteiger partial charge on any atom is 0.268 e. The van der Waals surface area contributed by atoms with Crippen LogP contribution in [0.1, 0.15) is 16.8 Å². The van der Waals surface area contributed by atoms with Gasteiger partial charge in [0.15, 0.2) is 5.82 Å². The summed E-state index contributed by atoms with van der Waals surface area (Å²) in [4.78, 5) is 12.0. The van der Waals surface area contributed by atoms with Gasteiger partial charge in [-0.25, -0.2) is 22.4 Å². The Balaban J connectivity index is 1.30. The Kier molecular flexibility index (Phi) is 5.43. The van der Waals surface area contributed by atoms with Crippen LogP contribution in [0.3, 0.4) is 0 Å². The zero-order chi connectivity index (χ0) is 23.8. The first-order valence-electron chi connectivity index (χ1n) is 11.6. The average Bonchev–Trinajstić information content (AvgIpc) is 3.28. The van der Waals surface area contributed by atoms with Gasteiger partial charge in [0.05, 0.1) is 16.1 Å². The topological polar surface area (TPSA) is 68.1 Å². The molecule has 3 aromatic carbocycles. The lowest BCUT2D eigenvalue weighted by Crippen LogP contribution is -2.31. The summed E-state index contributed by atoms with van der Waals surface area (Å²) in [5.74, 6) is 0.756. The molecule has 0 radical (unpaired) electrons. The highest BCUT2D eigenvalue weighted by Crippen LogP contribution is 2.29. The predicted molar refractivity (Wildman–Crippen MR) is 136 cm³/mol. The quantitative estimate of drug-likeness (QED) is 0.358. The highest BCUT2D eigenvalue weighted by Gasteiger charge is 2.24. The summed E-state index contributed by atoms with van der Waals surface area (Å²) in [6, 6.07) is 26.3. The first kappa shape index (κ1) is 21.7. The van der Waals surface area contributed by atoms with Gasteiger partial charge in [-0.3, -0.25) is 4.90 Å². The lowest BCUT2D eigenvalue weighted by Gasteiger charge is -2.27. The SMILES string of the molecule is O=S(=O)(c1ccccc1)n1cc(CN2CCc3nc(-c4ccccc4)ncc3C2)c2ccccc21. The Bertz CT molecular complexity index is 1610. The normalized spacial score (nSPS) is 14.2. The summed E-state index contributed by atoms with van der Waals surface area (Å²) in [6.07, 6.45) is 4.54. The molecule has 0 saturated carbocycles. The van der Waals surface area contributed by atoms with E-state index < -0.39 is 10.0 Å². The number of para-hydroxylation sites is 1. The van der Waals surface area contributed by atoms with Gasteiger partial charge in [-0.15, -0.1) is 0 Å². The smallest absolute Gasteiger partial charge is 0.268 e. The van der Waals surface area contributed by atoms with E-state index in [9.17, 15) is 8.42 Å². The van der Waals surface area contributed by atoms with Crippen LogP contribution >= 0.6 is 0 Å². The molecule has 0 unspecified atom stereocenters. The third kappa shape index (κ3) is 4.03. The van der Waals surface area contributed by atoms with E-state index in [1.165, 1.54) is 3.97 Å². The maximum absolute atomic E-state index is 13.4. The molecular weight excluding hydrogens is 456 g/mol. The third-order valence-corrected chi connectivity index (χ3v) is 8.19. The van der Waals surface area contributed by atoms with Gasteiger partial charge < -0.3 is 0 Å². The molecular formula is C28H24N4O2S. The molecule has 1 aliphatic heterocycles. The number of nitrogens with zero attached hydrogens (tertiary/aromatic N) is 4. The molecule has 0 aliphatic carbocycles. The molecule has 0 spiro atoms. The van der Waals surface area contributed by atoms with E-state index in [1.54, 1.807) is 30.5 Å². The van der Waals surface area contributed by atoms with E-state index in [2.05, 4.69) is 9.88 Å². The van der Waals surface area contributed by atoms with Crippen LogP contribution in [0.2, 0.25) is 0 Å². The van der Waals surface area contributed by atoms with Crippen molar-refractivity contribution in [3.8, 4) is 11.4 Å². The van der Waals surface area contributed by atoms with Crippen molar-refractivity contribution in [3.05, 3.63) is 114 Å². The van der Waals surface area contributed by atoms with Crippen molar-refractivity contribution in [2.75, 3.05) is 6.54 Å². The second-order valence-electron chi connectivity index (χ2n) is 8.78. The van der Waals surface area contributed by atoms with Gasteiger partial charge in [0.2, 0.25) is 0 Å². The van der Waals surface area contributed by atoms with E-state index in [0.29, 0.717) is 12.1 Å². The third-order valence-electron chi connectivity index (χ3n) is 6.50. The highest BCUT2D eigenvalue weighted by atomic mass is 32.2. The second-order valence-corrected chi connectivity index (χ2v) is 10.6. The molecule has 0 fully saturated rings. The molecule has 2 aromatic heterocycles. The van der Waals surface area contributed by atoms with Crippen molar-refractivity contribution in [1.29, 1.82) is 0 Å². The molecule has 0 saturated heterocycles. The zero-order valence-corrected chi connectivity index (χ0v) is 19.9. The van der Waals surface area contributed by atoms with Crippen LogP contribution < -0.4 is 0 Å².